The smallest absolute Gasteiger partial charge is 0.277 e. The number of aryl methyl sites for hydroxylation is 1. The van der Waals surface area contributed by atoms with Gasteiger partial charge >= 0.3 is 0 Å². The summed E-state index contributed by atoms with van der Waals surface area (Å²) in [6.45, 7) is 0.584. The average molecular weight is 485 g/mol. The fourth-order valence-electron chi connectivity index (χ4n) is 3.42. The molecule has 0 atom stereocenters. The third kappa shape index (κ3) is 4.27. The van der Waals surface area contributed by atoms with Crippen molar-refractivity contribution < 1.29 is 14.3 Å². The molecule has 0 saturated carbocycles. The number of benzene rings is 2. The topological polar surface area (TPSA) is 98.2 Å². The first-order valence-electron chi connectivity index (χ1n) is 9.64. The number of hydrogen-bond donors (Lipinski definition) is 2. The zero-order valence-electron chi connectivity index (χ0n) is 17.1. The van der Waals surface area contributed by atoms with Gasteiger partial charge in [0, 0.05) is 34.9 Å². The van der Waals surface area contributed by atoms with Gasteiger partial charge in [-0.1, -0.05) is 22.0 Å². The summed E-state index contributed by atoms with van der Waals surface area (Å²) in [5.74, 6) is 1.07. The predicted molar refractivity (Wildman–Crippen MR) is 122 cm³/mol. The molecule has 1 amide bonds. The van der Waals surface area contributed by atoms with Crippen LogP contribution in [0.2, 0.25) is 0 Å². The largest absolute Gasteiger partial charge is 0.493 e. The molecule has 0 aliphatic carbocycles. The zero-order valence-corrected chi connectivity index (χ0v) is 18.7. The molecule has 0 radical (unpaired) electrons. The molecule has 2 N–H and O–H groups in total. The van der Waals surface area contributed by atoms with E-state index in [2.05, 4.69) is 31.2 Å². The van der Waals surface area contributed by atoms with Crippen LogP contribution in [0, 0.1) is 0 Å². The molecule has 160 valence electrons. The number of nitrogens with zero attached hydrogens (tertiary/aromatic N) is 2. The molecule has 0 saturated heterocycles. The van der Waals surface area contributed by atoms with Gasteiger partial charge in [0.05, 0.1) is 20.5 Å². The van der Waals surface area contributed by atoms with Crippen molar-refractivity contribution in [2.75, 3.05) is 14.2 Å². The van der Waals surface area contributed by atoms with Crippen LogP contribution in [0.1, 0.15) is 12.0 Å². The molecule has 0 fully saturated rings. The molecule has 0 spiro atoms. The number of carbonyl (C=O) groups is 1. The van der Waals surface area contributed by atoms with Gasteiger partial charge in [0.25, 0.3) is 5.56 Å². The summed E-state index contributed by atoms with van der Waals surface area (Å²) in [6.07, 6.45) is 1.65. The maximum Gasteiger partial charge on any atom is 0.277 e. The van der Waals surface area contributed by atoms with Gasteiger partial charge in [0.2, 0.25) is 5.91 Å². The second kappa shape index (κ2) is 8.81. The summed E-state index contributed by atoms with van der Waals surface area (Å²) in [4.78, 5) is 32.7. The Balaban J connectivity index is 1.43. The highest BCUT2D eigenvalue weighted by atomic mass is 79.9. The van der Waals surface area contributed by atoms with Gasteiger partial charge in [-0.15, -0.1) is 0 Å². The lowest BCUT2D eigenvalue weighted by Crippen LogP contribution is -2.27. The Hall–Kier alpha value is -3.33. The van der Waals surface area contributed by atoms with Crippen LogP contribution >= 0.6 is 15.9 Å². The lowest BCUT2D eigenvalue weighted by atomic mass is 10.2. The summed E-state index contributed by atoms with van der Waals surface area (Å²) in [5.41, 5.74) is 2.57. The molecule has 8 nitrogen and oxygen atoms in total. The number of carbonyl (C=O) groups excluding carboxylic acids is 1. The van der Waals surface area contributed by atoms with E-state index < -0.39 is 0 Å². The van der Waals surface area contributed by atoms with Crippen molar-refractivity contribution in [3.63, 3.8) is 0 Å². The minimum absolute atomic E-state index is 0.159. The molecule has 31 heavy (non-hydrogen) atoms. The minimum atomic E-state index is -0.204. The number of amides is 1. The van der Waals surface area contributed by atoms with Crippen LogP contribution in [0.25, 0.3) is 21.9 Å². The molecule has 2 aromatic carbocycles. The van der Waals surface area contributed by atoms with Gasteiger partial charge in [-0.2, -0.15) is 0 Å². The van der Waals surface area contributed by atoms with E-state index in [0.717, 1.165) is 20.9 Å². The van der Waals surface area contributed by atoms with Crippen molar-refractivity contribution in [2.24, 2.45) is 0 Å². The molecule has 2 aromatic heterocycles. The SMILES string of the molecule is COc1ccc(CNC(=O)CCn2cnc3c([nH]c4ccc(Br)cc43)c2=O)cc1OC. The quantitative estimate of drug-likeness (QED) is 0.419. The molecule has 2 heterocycles. The van der Waals surface area contributed by atoms with E-state index >= 15 is 0 Å². The Morgan fingerprint density at radius 2 is 1.97 bits per heavy atom. The van der Waals surface area contributed by atoms with Crippen LogP contribution in [0.5, 0.6) is 11.5 Å². The average Bonchev–Trinajstić information content (AvgIpc) is 3.15. The fourth-order valence-corrected chi connectivity index (χ4v) is 3.78. The molecule has 0 unspecified atom stereocenters. The molecular formula is C22H21BrN4O4. The predicted octanol–water partition coefficient (Wildman–Crippen LogP) is 3.36. The number of aromatic nitrogens is 3. The number of fused-ring (bicyclic) bond motifs is 3. The lowest BCUT2D eigenvalue weighted by Gasteiger charge is -2.10. The van der Waals surface area contributed by atoms with Crippen molar-refractivity contribution >= 4 is 43.8 Å². The van der Waals surface area contributed by atoms with E-state index in [1.807, 2.05) is 30.3 Å². The van der Waals surface area contributed by atoms with E-state index in [1.54, 1.807) is 20.3 Å². The highest BCUT2D eigenvalue weighted by molar-refractivity contribution is 9.10. The summed E-state index contributed by atoms with van der Waals surface area (Å²) in [6, 6.07) is 11.2. The zero-order chi connectivity index (χ0) is 22.0. The van der Waals surface area contributed by atoms with Crippen LogP contribution in [-0.2, 0) is 17.9 Å². The monoisotopic (exact) mass is 484 g/mol. The number of aromatic amines is 1. The van der Waals surface area contributed by atoms with E-state index in [9.17, 15) is 9.59 Å². The van der Waals surface area contributed by atoms with Gasteiger partial charge in [-0.25, -0.2) is 4.98 Å². The molecular weight excluding hydrogens is 464 g/mol. The number of methoxy groups -OCH3 is 2. The first-order chi connectivity index (χ1) is 15.0. The van der Waals surface area contributed by atoms with Crippen molar-refractivity contribution in [2.45, 2.75) is 19.5 Å². The van der Waals surface area contributed by atoms with E-state index in [1.165, 1.54) is 10.9 Å². The first-order valence-corrected chi connectivity index (χ1v) is 10.4. The Morgan fingerprint density at radius 3 is 2.74 bits per heavy atom. The highest BCUT2D eigenvalue weighted by Gasteiger charge is 2.12. The molecule has 4 rings (SSSR count). The van der Waals surface area contributed by atoms with Crippen LogP contribution in [-0.4, -0.2) is 34.7 Å². The number of rotatable bonds is 7. The Kier molecular flexibility index (Phi) is 5.94. The standard InChI is InChI=1S/C22H21BrN4O4/c1-30-17-6-3-13(9-18(17)31-2)11-24-19(28)7-8-27-12-25-20-15-10-14(23)4-5-16(15)26-21(20)22(27)29/h3-6,9-10,12,26H,7-8,11H2,1-2H3,(H,24,28). The van der Waals surface area contributed by atoms with Crippen molar-refractivity contribution in [1.82, 2.24) is 19.9 Å². The van der Waals surface area contributed by atoms with Gasteiger partial charge in [0.1, 0.15) is 11.0 Å². The van der Waals surface area contributed by atoms with Crippen molar-refractivity contribution in [3.8, 4) is 11.5 Å². The maximum atomic E-state index is 12.8. The maximum absolute atomic E-state index is 12.8. The number of halogens is 1. The molecule has 0 aliphatic rings. The molecule has 4 aromatic rings. The lowest BCUT2D eigenvalue weighted by molar-refractivity contribution is -0.121. The second-order valence-electron chi connectivity index (χ2n) is 7.00. The Labute approximate surface area is 186 Å². The van der Waals surface area contributed by atoms with E-state index in [4.69, 9.17) is 9.47 Å². The van der Waals surface area contributed by atoms with Crippen molar-refractivity contribution in [1.29, 1.82) is 0 Å². The van der Waals surface area contributed by atoms with Crippen LogP contribution < -0.4 is 20.3 Å². The third-order valence-corrected chi connectivity index (χ3v) is 5.54. The van der Waals surface area contributed by atoms with Gasteiger partial charge < -0.3 is 19.8 Å². The van der Waals surface area contributed by atoms with E-state index in [-0.39, 0.29) is 24.4 Å². The van der Waals surface area contributed by atoms with Crippen LogP contribution in [0.4, 0.5) is 0 Å². The Morgan fingerprint density at radius 1 is 1.16 bits per heavy atom. The van der Waals surface area contributed by atoms with Crippen LogP contribution in [0.3, 0.4) is 0 Å². The summed E-state index contributed by atoms with van der Waals surface area (Å²) < 4.78 is 12.9. The number of nitrogens with one attached hydrogen (secondary N) is 2. The summed E-state index contributed by atoms with van der Waals surface area (Å²) >= 11 is 3.44. The normalized spacial score (nSPS) is 11.1. The van der Waals surface area contributed by atoms with Gasteiger partial charge in [-0.05, 0) is 35.9 Å². The van der Waals surface area contributed by atoms with Gasteiger partial charge in [-0.3, -0.25) is 14.2 Å². The third-order valence-electron chi connectivity index (χ3n) is 5.05. The number of H-pyrrole nitrogens is 1. The summed E-state index contributed by atoms with van der Waals surface area (Å²) in [5, 5.41) is 3.73. The fraction of sp³-hybridized carbons (Fsp3) is 0.227. The van der Waals surface area contributed by atoms with E-state index in [0.29, 0.717) is 29.1 Å². The molecule has 0 aliphatic heterocycles. The Bertz CT molecular complexity index is 1330. The first kappa shape index (κ1) is 20.9. The number of hydrogen-bond acceptors (Lipinski definition) is 5. The van der Waals surface area contributed by atoms with Crippen molar-refractivity contribution in [3.05, 3.63) is 63.1 Å². The minimum Gasteiger partial charge on any atom is -0.493 e. The summed E-state index contributed by atoms with van der Waals surface area (Å²) in [7, 11) is 3.14. The van der Waals surface area contributed by atoms with Gasteiger partial charge in [0.15, 0.2) is 11.5 Å². The molecule has 9 heteroatoms. The van der Waals surface area contributed by atoms with Crippen LogP contribution in [0.15, 0.2) is 52.0 Å². The highest BCUT2D eigenvalue weighted by Crippen LogP contribution is 2.27. The molecule has 0 bridgehead atoms. The number of ether oxygens (including phenoxy) is 2. The second-order valence-corrected chi connectivity index (χ2v) is 7.91.